The number of hydrogen-bond donors (Lipinski definition) is 1. The summed E-state index contributed by atoms with van der Waals surface area (Å²) in [7, 11) is 0. The minimum atomic E-state index is 0.0864. The Balaban J connectivity index is 1.90. The van der Waals surface area contributed by atoms with Crippen LogP contribution in [0.2, 0.25) is 5.02 Å². The maximum absolute atomic E-state index is 6.40. The van der Waals surface area contributed by atoms with Crippen LogP contribution >= 0.6 is 23.2 Å². The van der Waals surface area contributed by atoms with Crippen LogP contribution in [0, 0.1) is 0 Å². The molecule has 1 aromatic carbocycles. The first-order chi connectivity index (χ1) is 7.75. The Labute approximate surface area is 107 Å². The zero-order valence-electron chi connectivity index (χ0n) is 9.13. The van der Waals surface area contributed by atoms with Crippen molar-refractivity contribution in [3.8, 4) is 0 Å². The molecule has 2 rings (SSSR count). The molecule has 2 nitrogen and oxygen atoms in total. The summed E-state index contributed by atoms with van der Waals surface area (Å²) in [6, 6.07) is 7.91. The molecule has 0 aliphatic carbocycles. The third kappa shape index (κ3) is 3.36. The molecule has 0 saturated carbocycles. The van der Waals surface area contributed by atoms with Crippen LogP contribution in [-0.4, -0.2) is 36.6 Å². The van der Waals surface area contributed by atoms with Crippen LogP contribution in [0.5, 0.6) is 0 Å². The monoisotopic (exact) mass is 258 g/mol. The van der Waals surface area contributed by atoms with Crippen LogP contribution < -0.4 is 5.32 Å². The van der Waals surface area contributed by atoms with Crippen molar-refractivity contribution in [2.75, 3.05) is 26.2 Å². The van der Waals surface area contributed by atoms with E-state index in [1.54, 1.807) is 0 Å². The number of benzene rings is 1. The number of rotatable bonds is 3. The lowest BCUT2D eigenvalue weighted by Crippen LogP contribution is -2.47. The van der Waals surface area contributed by atoms with Gasteiger partial charge in [-0.3, -0.25) is 4.90 Å². The third-order valence-electron chi connectivity index (χ3n) is 2.87. The Kier molecular flexibility index (Phi) is 4.47. The van der Waals surface area contributed by atoms with E-state index in [2.05, 4.69) is 10.2 Å². The average molecular weight is 259 g/mol. The third-order valence-corrected chi connectivity index (χ3v) is 3.55. The van der Waals surface area contributed by atoms with Gasteiger partial charge in [-0.2, -0.15) is 0 Å². The van der Waals surface area contributed by atoms with Crippen molar-refractivity contribution in [1.82, 2.24) is 10.2 Å². The second-order valence-electron chi connectivity index (χ2n) is 4.05. The minimum Gasteiger partial charge on any atom is -0.314 e. The summed E-state index contributed by atoms with van der Waals surface area (Å²) < 4.78 is 0. The first-order valence-corrected chi connectivity index (χ1v) is 6.40. The molecular weight excluding hydrogens is 243 g/mol. The molecule has 0 amide bonds. The van der Waals surface area contributed by atoms with E-state index in [1.165, 1.54) is 5.56 Å². The summed E-state index contributed by atoms with van der Waals surface area (Å²) in [4.78, 5) is 2.31. The number of piperazine rings is 1. The molecule has 1 aliphatic rings. The van der Waals surface area contributed by atoms with Crippen LogP contribution in [0.15, 0.2) is 24.3 Å². The Morgan fingerprint density at radius 3 is 2.44 bits per heavy atom. The molecule has 1 saturated heterocycles. The van der Waals surface area contributed by atoms with Crippen LogP contribution in [0.25, 0.3) is 0 Å². The van der Waals surface area contributed by atoms with Crippen molar-refractivity contribution in [3.63, 3.8) is 0 Å². The number of hydrogen-bond acceptors (Lipinski definition) is 2. The van der Waals surface area contributed by atoms with E-state index in [9.17, 15) is 0 Å². The number of nitrogens with one attached hydrogen (secondary N) is 1. The van der Waals surface area contributed by atoms with Gasteiger partial charge in [0.25, 0.3) is 0 Å². The van der Waals surface area contributed by atoms with Crippen LogP contribution in [0.1, 0.15) is 5.56 Å². The zero-order valence-corrected chi connectivity index (χ0v) is 10.6. The van der Waals surface area contributed by atoms with Gasteiger partial charge in [0, 0.05) is 37.6 Å². The lowest BCUT2D eigenvalue weighted by molar-refractivity contribution is 0.220. The van der Waals surface area contributed by atoms with E-state index in [0.717, 1.165) is 37.6 Å². The summed E-state index contributed by atoms with van der Waals surface area (Å²) >= 11 is 12.2. The molecule has 0 radical (unpaired) electrons. The summed E-state index contributed by atoms with van der Waals surface area (Å²) in [6.07, 6.45) is 0.874. The van der Waals surface area contributed by atoms with Crippen molar-refractivity contribution in [1.29, 1.82) is 0 Å². The predicted molar refractivity (Wildman–Crippen MR) is 69.2 cm³/mol. The molecule has 0 spiro atoms. The fourth-order valence-corrected chi connectivity index (χ4v) is 2.41. The van der Waals surface area contributed by atoms with E-state index in [1.807, 2.05) is 24.3 Å². The van der Waals surface area contributed by atoms with Gasteiger partial charge in [0.1, 0.15) is 0 Å². The molecule has 4 heteroatoms. The predicted octanol–water partition coefficient (Wildman–Crippen LogP) is 2.35. The van der Waals surface area contributed by atoms with Crippen molar-refractivity contribution in [2.24, 2.45) is 0 Å². The Bertz CT molecular complexity index is 320. The molecule has 88 valence electrons. The molecule has 0 bridgehead atoms. The van der Waals surface area contributed by atoms with Gasteiger partial charge in [-0.25, -0.2) is 0 Å². The maximum atomic E-state index is 6.40. The average Bonchev–Trinajstić information content (AvgIpc) is 2.33. The quantitative estimate of drug-likeness (QED) is 0.662. The molecule has 0 aromatic heterocycles. The molecule has 1 atom stereocenters. The number of alkyl halides is 1. The zero-order chi connectivity index (χ0) is 11.4. The van der Waals surface area contributed by atoms with Crippen molar-refractivity contribution >= 4 is 23.2 Å². The first-order valence-electron chi connectivity index (χ1n) is 5.59. The second-order valence-corrected chi connectivity index (χ2v) is 4.99. The lowest BCUT2D eigenvalue weighted by atomic mass is 10.1. The molecule has 1 N–H and O–H groups in total. The van der Waals surface area contributed by atoms with E-state index >= 15 is 0 Å². The number of halogens is 2. The van der Waals surface area contributed by atoms with Gasteiger partial charge in [0.05, 0.1) is 5.50 Å². The lowest BCUT2D eigenvalue weighted by Gasteiger charge is -2.31. The molecule has 16 heavy (non-hydrogen) atoms. The fourth-order valence-electron chi connectivity index (χ4n) is 1.91. The summed E-state index contributed by atoms with van der Waals surface area (Å²) in [5.41, 5.74) is 1.33. The first kappa shape index (κ1) is 12.2. The fraction of sp³-hybridized carbons (Fsp3) is 0.500. The van der Waals surface area contributed by atoms with Gasteiger partial charge < -0.3 is 5.32 Å². The standard InChI is InChI=1S/C12H16Cl2N2/c13-11-3-1-10(2-4-11)9-12(14)16-7-5-15-6-8-16/h1-4,12,15H,5-9H2. The molecular formula is C12H16Cl2N2. The second kappa shape index (κ2) is 5.87. The van der Waals surface area contributed by atoms with Gasteiger partial charge in [-0.1, -0.05) is 23.7 Å². The van der Waals surface area contributed by atoms with Gasteiger partial charge in [-0.15, -0.1) is 11.6 Å². The Hall–Kier alpha value is -0.280. The highest BCUT2D eigenvalue weighted by Gasteiger charge is 2.18. The van der Waals surface area contributed by atoms with Gasteiger partial charge in [0.2, 0.25) is 0 Å². The van der Waals surface area contributed by atoms with Gasteiger partial charge >= 0.3 is 0 Å². The topological polar surface area (TPSA) is 15.3 Å². The minimum absolute atomic E-state index is 0.0864. The van der Waals surface area contributed by atoms with Gasteiger partial charge in [0.15, 0.2) is 0 Å². The van der Waals surface area contributed by atoms with E-state index in [0.29, 0.717) is 0 Å². The Morgan fingerprint density at radius 1 is 1.19 bits per heavy atom. The highest BCUT2D eigenvalue weighted by molar-refractivity contribution is 6.30. The van der Waals surface area contributed by atoms with E-state index in [4.69, 9.17) is 23.2 Å². The molecule has 1 aliphatic heterocycles. The van der Waals surface area contributed by atoms with Crippen LogP contribution in [0.3, 0.4) is 0 Å². The summed E-state index contributed by atoms with van der Waals surface area (Å²) in [5.74, 6) is 0. The van der Waals surface area contributed by atoms with Crippen LogP contribution in [0.4, 0.5) is 0 Å². The smallest absolute Gasteiger partial charge is 0.0892 e. The molecule has 1 fully saturated rings. The molecule has 1 heterocycles. The molecule has 1 aromatic rings. The highest BCUT2D eigenvalue weighted by atomic mass is 35.5. The van der Waals surface area contributed by atoms with E-state index in [-0.39, 0.29) is 5.50 Å². The van der Waals surface area contributed by atoms with Gasteiger partial charge in [-0.05, 0) is 17.7 Å². The normalized spacial score (nSPS) is 19.6. The Morgan fingerprint density at radius 2 is 1.81 bits per heavy atom. The molecule has 1 unspecified atom stereocenters. The van der Waals surface area contributed by atoms with Crippen molar-refractivity contribution in [2.45, 2.75) is 11.9 Å². The summed E-state index contributed by atoms with van der Waals surface area (Å²) in [5, 5.41) is 4.10. The van der Waals surface area contributed by atoms with Crippen molar-refractivity contribution < 1.29 is 0 Å². The van der Waals surface area contributed by atoms with Crippen LogP contribution in [-0.2, 0) is 6.42 Å². The van der Waals surface area contributed by atoms with Crippen molar-refractivity contribution in [3.05, 3.63) is 34.9 Å². The largest absolute Gasteiger partial charge is 0.314 e. The summed E-state index contributed by atoms with van der Waals surface area (Å²) in [6.45, 7) is 4.12. The highest BCUT2D eigenvalue weighted by Crippen LogP contribution is 2.15. The van der Waals surface area contributed by atoms with E-state index < -0.39 is 0 Å². The number of nitrogens with zero attached hydrogens (tertiary/aromatic N) is 1. The maximum Gasteiger partial charge on any atom is 0.0892 e. The SMILES string of the molecule is Clc1ccc(CC(Cl)N2CCNCC2)cc1.